The van der Waals surface area contributed by atoms with Crippen molar-refractivity contribution >= 4 is 25.8 Å². The average Bonchev–Trinajstić information content (AvgIpc) is 3.07. The van der Waals surface area contributed by atoms with Crippen LogP contribution in [0.15, 0.2) is 21.8 Å². The molecule has 1 saturated heterocycles. The molecule has 27 heavy (non-hydrogen) atoms. The summed E-state index contributed by atoms with van der Waals surface area (Å²) in [5.74, 6) is 0.360. The van der Waals surface area contributed by atoms with E-state index in [9.17, 15) is 16.8 Å². The molecule has 154 valence electrons. The monoisotopic (exact) mass is 421 g/mol. The zero-order chi connectivity index (χ0) is 20.3. The number of hydrogen-bond donors (Lipinski definition) is 1. The van der Waals surface area contributed by atoms with Gasteiger partial charge in [0.15, 0.2) is 15.8 Å². The van der Waals surface area contributed by atoms with Crippen molar-refractivity contribution in [2.24, 2.45) is 4.99 Å². The maximum atomic E-state index is 12.5. The van der Waals surface area contributed by atoms with E-state index in [0.29, 0.717) is 37.8 Å². The van der Waals surface area contributed by atoms with Crippen molar-refractivity contribution in [1.82, 2.24) is 19.7 Å². The highest BCUT2D eigenvalue weighted by molar-refractivity contribution is 7.92. The lowest BCUT2D eigenvalue weighted by Gasteiger charge is -2.36. The first-order valence-electron chi connectivity index (χ1n) is 8.48. The van der Waals surface area contributed by atoms with E-state index in [-0.39, 0.29) is 12.3 Å². The molecule has 12 heteroatoms. The van der Waals surface area contributed by atoms with Gasteiger partial charge in [0.05, 0.1) is 10.4 Å². The molecule has 0 spiro atoms. The molecule has 0 amide bonds. The summed E-state index contributed by atoms with van der Waals surface area (Å²) in [4.78, 5) is 6.11. The summed E-state index contributed by atoms with van der Waals surface area (Å²) >= 11 is 0. The molecule has 1 N–H and O–H groups in total. The van der Waals surface area contributed by atoms with Crippen molar-refractivity contribution in [1.29, 1.82) is 0 Å². The summed E-state index contributed by atoms with van der Waals surface area (Å²) in [7, 11) is -5.09. The van der Waals surface area contributed by atoms with Crippen LogP contribution in [0.25, 0.3) is 0 Å². The van der Waals surface area contributed by atoms with Crippen molar-refractivity contribution < 1.29 is 21.4 Å². The molecule has 1 aromatic rings. The van der Waals surface area contributed by atoms with Gasteiger partial charge in [-0.2, -0.15) is 4.31 Å². The van der Waals surface area contributed by atoms with E-state index < -0.39 is 24.6 Å². The molecule has 1 fully saturated rings. The number of nitrogens with zero attached hydrogens (tertiary/aromatic N) is 4. The largest absolute Gasteiger partial charge is 0.364 e. The topological polar surface area (TPSA) is 125 Å². The molecule has 0 bridgehead atoms. The Bertz CT molecular complexity index is 854. The average molecular weight is 422 g/mol. The van der Waals surface area contributed by atoms with Crippen LogP contribution in [0, 0.1) is 0 Å². The fraction of sp³-hybridized carbons (Fsp3) is 0.733. The first-order valence-corrected chi connectivity index (χ1v) is 12.0. The Morgan fingerprint density at radius 2 is 1.89 bits per heavy atom. The van der Waals surface area contributed by atoms with Crippen LogP contribution in [0.5, 0.6) is 0 Å². The number of guanidine groups is 1. The lowest BCUT2D eigenvalue weighted by molar-refractivity contribution is 0.259. The number of rotatable bonds is 6. The van der Waals surface area contributed by atoms with Gasteiger partial charge in [-0.05, 0) is 13.8 Å². The predicted octanol–water partition coefficient (Wildman–Crippen LogP) is -0.479. The standard InChI is InChI=1S/C15H27N5O5S2/c1-15(2,26(4,21)22)12-17-14(16-3)19-6-8-20(9-7-19)27(23,24)11-13-5-10-25-18-13/h5,10H,6-9,11-12H2,1-4H3,(H,16,17). The SMILES string of the molecule is CN=C(NCC(C)(C)S(C)(=O)=O)N1CCN(S(=O)(=O)Cc2ccon2)CC1. The molecule has 0 aromatic carbocycles. The lowest BCUT2D eigenvalue weighted by atomic mass is 10.2. The van der Waals surface area contributed by atoms with E-state index in [4.69, 9.17) is 0 Å². The van der Waals surface area contributed by atoms with E-state index in [2.05, 4.69) is 20.0 Å². The van der Waals surface area contributed by atoms with Gasteiger partial charge in [0, 0.05) is 52.1 Å². The minimum Gasteiger partial charge on any atom is -0.364 e. The van der Waals surface area contributed by atoms with Gasteiger partial charge in [-0.25, -0.2) is 16.8 Å². The zero-order valence-electron chi connectivity index (χ0n) is 16.0. The molecule has 0 radical (unpaired) electrons. The number of sulfone groups is 1. The van der Waals surface area contributed by atoms with Gasteiger partial charge in [-0.1, -0.05) is 5.16 Å². The summed E-state index contributed by atoms with van der Waals surface area (Å²) < 4.78 is 53.8. The Balaban J connectivity index is 1.93. The predicted molar refractivity (Wildman–Crippen MR) is 103 cm³/mol. The minimum absolute atomic E-state index is 0.195. The van der Waals surface area contributed by atoms with Gasteiger partial charge in [0.1, 0.15) is 12.0 Å². The molecule has 0 aliphatic carbocycles. The van der Waals surface area contributed by atoms with Crippen LogP contribution in [-0.4, -0.2) is 87.9 Å². The second kappa shape index (κ2) is 8.15. The first kappa shape index (κ1) is 21.6. The van der Waals surface area contributed by atoms with Crippen molar-refractivity contribution in [2.75, 3.05) is 46.0 Å². The minimum atomic E-state index is -3.47. The molecule has 0 unspecified atom stereocenters. The smallest absolute Gasteiger partial charge is 0.220 e. The van der Waals surface area contributed by atoms with Gasteiger partial charge >= 0.3 is 0 Å². The van der Waals surface area contributed by atoms with E-state index in [1.807, 2.05) is 4.90 Å². The van der Waals surface area contributed by atoms with Crippen LogP contribution in [0.4, 0.5) is 0 Å². The molecular weight excluding hydrogens is 394 g/mol. The Hall–Kier alpha value is -1.66. The Morgan fingerprint density at radius 1 is 1.26 bits per heavy atom. The van der Waals surface area contributed by atoms with Crippen molar-refractivity contribution in [3.05, 3.63) is 18.0 Å². The number of sulfonamides is 1. The summed E-state index contributed by atoms with van der Waals surface area (Å²) in [6, 6.07) is 1.53. The van der Waals surface area contributed by atoms with Gasteiger partial charge in [-0.15, -0.1) is 0 Å². The number of piperazine rings is 1. The molecule has 2 rings (SSSR count). The number of aliphatic imine (C=N–C) groups is 1. The normalized spacial score (nSPS) is 17.9. The zero-order valence-corrected chi connectivity index (χ0v) is 17.7. The molecular formula is C15H27N5O5S2. The third kappa shape index (κ3) is 5.42. The number of nitrogens with one attached hydrogen (secondary N) is 1. The van der Waals surface area contributed by atoms with Gasteiger partial charge in [0.2, 0.25) is 10.0 Å². The fourth-order valence-electron chi connectivity index (χ4n) is 2.52. The highest BCUT2D eigenvalue weighted by atomic mass is 32.2. The van der Waals surface area contributed by atoms with Crippen LogP contribution in [0.3, 0.4) is 0 Å². The van der Waals surface area contributed by atoms with E-state index >= 15 is 0 Å². The van der Waals surface area contributed by atoms with Crippen LogP contribution in [0.1, 0.15) is 19.5 Å². The van der Waals surface area contributed by atoms with Gasteiger partial charge in [-0.3, -0.25) is 4.99 Å². The lowest BCUT2D eigenvalue weighted by Crippen LogP contribution is -2.55. The van der Waals surface area contributed by atoms with Crippen LogP contribution >= 0.6 is 0 Å². The van der Waals surface area contributed by atoms with Crippen LogP contribution in [0.2, 0.25) is 0 Å². The quantitative estimate of drug-likeness (QED) is 0.482. The molecule has 1 aliphatic rings. The summed E-state index contributed by atoms with van der Waals surface area (Å²) in [5, 5.41) is 6.73. The van der Waals surface area contributed by atoms with Crippen molar-refractivity contribution in [2.45, 2.75) is 24.3 Å². The van der Waals surface area contributed by atoms with E-state index in [1.54, 1.807) is 20.9 Å². The molecule has 1 aliphatic heterocycles. The molecule has 0 atom stereocenters. The van der Waals surface area contributed by atoms with E-state index in [1.165, 1.54) is 22.9 Å². The summed E-state index contributed by atoms with van der Waals surface area (Å²) in [6.45, 7) is 5.05. The number of aromatic nitrogens is 1. The summed E-state index contributed by atoms with van der Waals surface area (Å²) in [6.07, 6.45) is 2.55. The maximum Gasteiger partial charge on any atom is 0.220 e. The molecule has 10 nitrogen and oxygen atoms in total. The molecule has 0 saturated carbocycles. The van der Waals surface area contributed by atoms with Crippen molar-refractivity contribution in [3.8, 4) is 0 Å². The highest BCUT2D eigenvalue weighted by Crippen LogP contribution is 2.15. The molecule has 2 heterocycles. The van der Waals surface area contributed by atoms with Gasteiger partial charge < -0.3 is 14.7 Å². The van der Waals surface area contributed by atoms with Gasteiger partial charge in [0.25, 0.3) is 0 Å². The fourth-order valence-corrected chi connectivity index (χ4v) is 4.28. The molecule has 1 aromatic heterocycles. The second-order valence-electron chi connectivity index (χ2n) is 7.07. The van der Waals surface area contributed by atoms with E-state index in [0.717, 1.165) is 0 Å². The second-order valence-corrected chi connectivity index (χ2v) is 11.7. The maximum absolute atomic E-state index is 12.5. The van der Waals surface area contributed by atoms with Crippen molar-refractivity contribution in [3.63, 3.8) is 0 Å². The highest BCUT2D eigenvalue weighted by Gasteiger charge is 2.32. The Morgan fingerprint density at radius 3 is 2.37 bits per heavy atom. The summed E-state index contributed by atoms with van der Waals surface area (Å²) in [5.41, 5.74) is 0.373. The van der Waals surface area contributed by atoms with Crippen LogP contribution in [-0.2, 0) is 25.6 Å². The third-order valence-electron chi connectivity index (χ3n) is 4.64. The number of hydrogen-bond acceptors (Lipinski definition) is 7. The first-order chi connectivity index (χ1) is 12.5. The Labute approximate surface area is 160 Å². The van der Waals surface area contributed by atoms with Crippen LogP contribution < -0.4 is 5.32 Å². The Kier molecular flexibility index (Phi) is 6.53. The third-order valence-corrected chi connectivity index (χ3v) is 8.61.